The van der Waals surface area contributed by atoms with Crippen molar-refractivity contribution in [3.63, 3.8) is 0 Å². The molecule has 1 heterocycles. The van der Waals surface area contributed by atoms with E-state index in [0.717, 1.165) is 12.3 Å². The Morgan fingerprint density at radius 2 is 1.69 bits per heavy atom. The molecule has 138 valence electrons. The Morgan fingerprint density at radius 1 is 1.12 bits per heavy atom. The predicted molar refractivity (Wildman–Crippen MR) is 105 cm³/mol. The second-order valence-electron chi connectivity index (χ2n) is 4.96. The number of carbonyl (C=O) groups is 1. The molecule has 3 N–H and O–H groups in total. The molecule has 0 aliphatic rings. The molecule has 0 spiro atoms. The largest absolute Gasteiger partial charge is 0.398 e. The number of benzene rings is 2. The van der Waals surface area contributed by atoms with E-state index in [-0.39, 0.29) is 33.3 Å². The van der Waals surface area contributed by atoms with Gasteiger partial charge in [0.15, 0.2) is 5.78 Å². The van der Waals surface area contributed by atoms with Crippen LogP contribution >= 0.6 is 31.9 Å². The lowest BCUT2D eigenvalue weighted by Crippen LogP contribution is -2.03. The third kappa shape index (κ3) is 4.95. The molecule has 1 aromatic heterocycles. The predicted octanol–water partition coefficient (Wildman–Crippen LogP) is 4.83. The molecule has 0 amide bonds. The van der Waals surface area contributed by atoms with Crippen LogP contribution in [0.2, 0.25) is 0 Å². The first kappa shape index (κ1) is 21.9. The van der Waals surface area contributed by atoms with Crippen molar-refractivity contribution in [1.82, 2.24) is 10.2 Å². The number of carbonyl (C=O) groups excluding carboxylic acids is 1. The van der Waals surface area contributed by atoms with Crippen LogP contribution < -0.4 is 11.2 Å². The molecule has 0 aliphatic carbocycles. The number of halogens is 4. The molecule has 0 unspecified atom stereocenters. The van der Waals surface area contributed by atoms with Crippen LogP contribution in [0.1, 0.15) is 24.7 Å². The van der Waals surface area contributed by atoms with E-state index < -0.39 is 11.6 Å². The number of nitrogens with two attached hydrogens (primary N) is 1. The summed E-state index contributed by atoms with van der Waals surface area (Å²) in [6.45, 7) is 1.38. The molecule has 3 aromatic rings. The Hall–Kier alpha value is -2.13. The molecular weight excluding hydrogens is 476 g/mol. The van der Waals surface area contributed by atoms with Gasteiger partial charge in [0, 0.05) is 22.7 Å². The number of aromatic nitrogens is 2. The number of rotatable bonds is 1. The maximum atomic E-state index is 13.0. The van der Waals surface area contributed by atoms with Gasteiger partial charge in [-0.1, -0.05) is 7.43 Å². The van der Waals surface area contributed by atoms with Crippen LogP contribution in [-0.4, -0.2) is 16.0 Å². The molecule has 0 saturated carbocycles. The minimum absolute atomic E-state index is 0. The number of nitrogen functional groups attached to an aromatic ring is 1. The summed E-state index contributed by atoms with van der Waals surface area (Å²) in [5.41, 5.74) is 6.08. The van der Waals surface area contributed by atoms with Gasteiger partial charge in [-0.05, 0) is 57.0 Å². The fourth-order valence-electron chi connectivity index (χ4n) is 1.94. The summed E-state index contributed by atoms with van der Waals surface area (Å²) < 4.78 is 26.3. The summed E-state index contributed by atoms with van der Waals surface area (Å²) in [5, 5.41) is 6.53. The van der Waals surface area contributed by atoms with Crippen molar-refractivity contribution >= 4 is 54.2 Å². The van der Waals surface area contributed by atoms with E-state index in [9.17, 15) is 18.4 Å². The third-order valence-corrected chi connectivity index (χ3v) is 4.38. The van der Waals surface area contributed by atoms with Crippen molar-refractivity contribution in [2.24, 2.45) is 0 Å². The van der Waals surface area contributed by atoms with Crippen LogP contribution in [0.4, 0.5) is 14.5 Å². The highest BCUT2D eigenvalue weighted by molar-refractivity contribution is 9.10. The summed E-state index contributed by atoms with van der Waals surface area (Å²) in [7, 11) is 0. The van der Waals surface area contributed by atoms with E-state index in [2.05, 4.69) is 42.1 Å². The molecule has 26 heavy (non-hydrogen) atoms. The van der Waals surface area contributed by atoms with Crippen molar-refractivity contribution < 1.29 is 13.6 Å². The standard InChI is InChI=1S/C8H4BrFN2O.C8H7BrFNO.CH4/c9-5-1-4-7(2-6(5)10)12-11-3-8(4)13;1-4(12)5-2-6(9)7(10)3-8(5)11;/h1-3H,(H,12,13);2-3H,11H2,1H3;1H4. The molecule has 3 rings (SSSR count). The lowest BCUT2D eigenvalue weighted by atomic mass is 10.1. The van der Waals surface area contributed by atoms with Gasteiger partial charge in [0.2, 0.25) is 5.43 Å². The highest BCUT2D eigenvalue weighted by atomic mass is 79.9. The van der Waals surface area contributed by atoms with E-state index in [1.54, 1.807) is 0 Å². The fraction of sp³-hybridized carbons (Fsp3) is 0.118. The van der Waals surface area contributed by atoms with Gasteiger partial charge >= 0.3 is 0 Å². The van der Waals surface area contributed by atoms with Gasteiger partial charge in [0.25, 0.3) is 0 Å². The van der Waals surface area contributed by atoms with Crippen molar-refractivity contribution in [3.8, 4) is 0 Å². The molecule has 0 radical (unpaired) electrons. The molecule has 9 heteroatoms. The zero-order chi connectivity index (χ0) is 18.7. The molecule has 0 saturated heterocycles. The van der Waals surface area contributed by atoms with E-state index in [1.807, 2.05) is 0 Å². The Balaban J connectivity index is 0.000000251. The Kier molecular flexibility index (Phi) is 7.58. The average Bonchev–Trinajstić information content (AvgIpc) is 2.53. The van der Waals surface area contributed by atoms with Crippen LogP contribution in [0, 0.1) is 11.6 Å². The molecule has 0 atom stereocenters. The van der Waals surface area contributed by atoms with Crippen LogP contribution in [-0.2, 0) is 0 Å². The molecule has 5 nitrogen and oxygen atoms in total. The Labute approximate surface area is 164 Å². The van der Waals surface area contributed by atoms with Crippen molar-refractivity contribution in [2.45, 2.75) is 14.4 Å². The molecule has 0 aliphatic heterocycles. The minimum Gasteiger partial charge on any atom is -0.398 e. The van der Waals surface area contributed by atoms with Gasteiger partial charge in [-0.15, -0.1) is 0 Å². The maximum absolute atomic E-state index is 13.0. The highest BCUT2D eigenvalue weighted by Gasteiger charge is 2.08. The minimum atomic E-state index is -0.461. The zero-order valence-electron chi connectivity index (χ0n) is 12.7. The number of H-pyrrole nitrogens is 1. The summed E-state index contributed by atoms with van der Waals surface area (Å²) in [5.74, 6) is -1.05. The average molecular weight is 491 g/mol. The fourth-order valence-corrected chi connectivity index (χ4v) is 2.63. The van der Waals surface area contributed by atoms with Gasteiger partial charge in [-0.2, -0.15) is 5.10 Å². The lowest BCUT2D eigenvalue weighted by Gasteiger charge is -2.02. The van der Waals surface area contributed by atoms with Crippen LogP contribution in [0.15, 0.2) is 44.2 Å². The number of aromatic amines is 1. The Bertz CT molecular complexity index is 1020. The van der Waals surface area contributed by atoms with Gasteiger partial charge in [0.1, 0.15) is 11.6 Å². The molecule has 2 aromatic carbocycles. The van der Waals surface area contributed by atoms with Crippen molar-refractivity contribution in [2.75, 3.05) is 5.73 Å². The van der Waals surface area contributed by atoms with E-state index in [1.165, 1.54) is 25.1 Å². The van der Waals surface area contributed by atoms with Crippen molar-refractivity contribution in [3.05, 3.63) is 66.8 Å². The van der Waals surface area contributed by atoms with E-state index >= 15 is 0 Å². The molecule has 0 fully saturated rings. The van der Waals surface area contributed by atoms with Gasteiger partial charge < -0.3 is 5.73 Å². The molecular formula is C17H15Br2F2N3O2. The van der Waals surface area contributed by atoms with Crippen LogP contribution in [0.5, 0.6) is 0 Å². The number of fused-ring (bicyclic) bond motifs is 1. The monoisotopic (exact) mass is 489 g/mol. The normalized spacial score (nSPS) is 9.88. The second kappa shape index (κ2) is 9.00. The van der Waals surface area contributed by atoms with Gasteiger partial charge in [-0.3, -0.25) is 14.7 Å². The topological polar surface area (TPSA) is 88.8 Å². The lowest BCUT2D eigenvalue weighted by molar-refractivity contribution is 0.101. The summed E-state index contributed by atoms with van der Waals surface area (Å²) in [4.78, 5) is 22.1. The first-order valence-electron chi connectivity index (χ1n) is 6.78. The van der Waals surface area contributed by atoms with Crippen molar-refractivity contribution in [1.29, 1.82) is 0 Å². The maximum Gasteiger partial charge on any atom is 0.207 e. The second-order valence-corrected chi connectivity index (χ2v) is 6.66. The molecule has 0 bridgehead atoms. The number of anilines is 1. The quantitative estimate of drug-likeness (QED) is 0.377. The van der Waals surface area contributed by atoms with Gasteiger partial charge in [0.05, 0.1) is 20.7 Å². The summed E-state index contributed by atoms with van der Waals surface area (Å²) in [6.07, 6.45) is 1.16. The summed E-state index contributed by atoms with van der Waals surface area (Å²) >= 11 is 5.97. The summed E-state index contributed by atoms with van der Waals surface area (Å²) in [6, 6.07) is 5.17. The van der Waals surface area contributed by atoms with E-state index in [0.29, 0.717) is 16.5 Å². The van der Waals surface area contributed by atoms with Crippen LogP contribution in [0.3, 0.4) is 0 Å². The number of ketones is 1. The Morgan fingerprint density at radius 3 is 2.31 bits per heavy atom. The number of nitrogens with zero attached hydrogens (tertiary/aromatic N) is 1. The van der Waals surface area contributed by atoms with E-state index in [4.69, 9.17) is 5.73 Å². The zero-order valence-corrected chi connectivity index (χ0v) is 15.9. The highest BCUT2D eigenvalue weighted by Crippen LogP contribution is 2.22. The number of Topliss-reactive ketones (excluding diaryl/α,β-unsaturated/α-hetero) is 1. The third-order valence-electron chi connectivity index (χ3n) is 3.16. The number of hydrogen-bond donors (Lipinski definition) is 2. The first-order chi connectivity index (χ1) is 11.7. The van der Waals surface area contributed by atoms with Gasteiger partial charge in [-0.25, -0.2) is 8.78 Å². The first-order valence-corrected chi connectivity index (χ1v) is 8.37. The SMILES string of the molecule is C.CC(=O)c1cc(Br)c(F)cc1N.O=c1cn[nH]c2cc(F)c(Br)cc12. The smallest absolute Gasteiger partial charge is 0.207 e. The van der Waals surface area contributed by atoms with Crippen LogP contribution in [0.25, 0.3) is 10.9 Å². The number of hydrogen-bond acceptors (Lipinski definition) is 4. The number of nitrogens with one attached hydrogen (secondary N) is 1.